The van der Waals surface area contributed by atoms with E-state index >= 15 is 0 Å². The summed E-state index contributed by atoms with van der Waals surface area (Å²) in [5.41, 5.74) is 0.344. The SMILES string of the molecule is CC1C(C(=O)O)CCN1C(=O)c1ccc(Br)cn1. The molecule has 1 fully saturated rings. The zero-order chi connectivity index (χ0) is 13.3. The van der Waals surface area contributed by atoms with Crippen LogP contribution in [0, 0.1) is 5.92 Å². The molecule has 0 saturated carbocycles. The van der Waals surface area contributed by atoms with E-state index in [0.717, 1.165) is 4.47 Å². The van der Waals surface area contributed by atoms with Crippen LogP contribution in [0.1, 0.15) is 23.8 Å². The average Bonchev–Trinajstić information content (AvgIpc) is 2.71. The molecular formula is C12H13BrN2O3. The van der Waals surface area contributed by atoms with Crippen LogP contribution < -0.4 is 0 Å². The fraction of sp³-hybridized carbons (Fsp3) is 0.417. The number of aromatic nitrogens is 1. The molecule has 2 atom stereocenters. The second-order valence-corrected chi connectivity index (χ2v) is 5.25. The first kappa shape index (κ1) is 13.0. The van der Waals surface area contributed by atoms with Crippen molar-refractivity contribution in [1.82, 2.24) is 9.88 Å². The summed E-state index contributed by atoms with van der Waals surface area (Å²) in [7, 11) is 0. The highest BCUT2D eigenvalue weighted by Crippen LogP contribution is 2.25. The zero-order valence-electron chi connectivity index (χ0n) is 9.84. The predicted octanol–water partition coefficient (Wildman–Crippen LogP) is 1.78. The lowest BCUT2D eigenvalue weighted by atomic mass is 10.0. The molecule has 2 rings (SSSR count). The molecule has 0 radical (unpaired) electrons. The van der Waals surface area contributed by atoms with E-state index in [0.29, 0.717) is 18.7 Å². The summed E-state index contributed by atoms with van der Waals surface area (Å²) in [6.07, 6.45) is 2.06. The Kier molecular flexibility index (Phi) is 3.65. The average molecular weight is 313 g/mol. The standard InChI is InChI=1S/C12H13BrN2O3/c1-7-9(12(17)18)4-5-15(7)11(16)10-3-2-8(13)6-14-10/h2-3,6-7,9H,4-5H2,1H3,(H,17,18). The fourth-order valence-electron chi connectivity index (χ4n) is 2.21. The van der Waals surface area contributed by atoms with Crippen molar-refractivity contribution in [3.63, 3.8) is 0 Å². The van der Waals surface area contributed by atoms with Crippen LogP contribution in [0.25, 0.3) is 0 Å². The van der Waals surface area contributed by atoms with E-state index in [-0.39, 0.29) is 11.9 Å². The van der Waals surface area contributed by atoms with Crippen LogP contribution in [0.2, 0.25) is 0 Å². The van der Waals surface area contributed by atoms with Crippen molar-refractivity contribution in [1.29, 1.82) is 0 Å². The van der Waals surface area contributed by atoms with Crippen molar-refractivity contribution in [2.45, 2.75) is 19.4 Å². The van der Waals surface area contributed by atoms with Gasteiger partial charge < -0.3 is 10.0 Å². The lowest BCUT2D eigenvalue weighted by Gasteiger charge is -2.22. The molecule has 18 heavy (non-hydrogen) atoms. The minimum absolute atomic E-state index is 0.209. The molecule has 0 aromatic carbocycles. The maximum atomic E-state index is 12.2. The smallest absolute Gasteiger partial charge is 0.308 e. The predicted molar refractivity (Wildman–Crippen MR) is 68.2 cm³/mol. The summed E-state index contributed by atoms with van der Waals surface area (Å²) in [6.45, 7) is 2.23. The zero-order valence-corrected chi connectivity index (χ0v) is 11.4. The number of aliphatic carboxylic acids is 1. The molecule has 1 N–H and O–H groups in total. The highest BCUT2D eigenvalue weighted by molar-refractivity contribution is 9.10. The first-order chi connectivity index (χ1) is 8.50. The molecule has 1 saturated heterocycles. The second-order valence-electron chi connectivity index (χ2n) is 4.33. The number of hydrogen-bond donors (Lipinski definition) is 1. The van der Waals surface area contributed by atoms with Crippen LogP contribution in [0.3, 0.4) is 0 Å². The number of carbonyl (C=O) groups is 2. The number of pyridine rings is 1. The maximum Gasteiger partial charge on any atom is 0.308 e. The van der Waals surface area contributed by atoms with Crippen molar-refractivity contribution in [3.05, 3.63) is 28.5 Å². The molecule has 2 unspecified atom stereocenters. The normalized spacial score (nSPS) is 23.1. The Labute approximate surface area is 113 Å². The van der Waals surface area contributed by atoms with Gasteiger partial charge in [-0.3, -0.25) is 9.59 Å². The van der Waals surface area contributed by atoms with Crippen molar-refractivity contribution < 1.29 is 14.7 Å². The van der Waals surface area contributed by atoms with Crippen LogP contribution in [0.4, 0.5) is 0 Å². The molecule has 1 aromatic rings. The molecule has 1 aromatic heterocycles. The molecule has 6 heteroatoms. The van der Waals surface area contributed by atoms with Crippen LogP contribution >= 0.6 is 15.9 Å². The molecule has 1 aliphatic heterocycles. The molecule has 2 heterocycles. The van der Waals surface area contributed by atoms with Crippen molar-refractivity contribution >= 4 is 27.8 Å². The summed E-state index contributed by atoms with van der Waals surface area (Å²) < 4.78 is 0.803. The van der Waals surface area contributed by atoms with Crippen molar-refractivity contribution in [3.8, 4) is 0 Å². The van der Waals surface area contributed by atoms with Crippen LogP contribution in [0.5, 0.6) is 0 Å². The summed E-state index contributed by atoms with van der Waals surface area (Å²) >= 11 is 3.25. The second kappa shape index (κ2) is 5.06. The van der Waals surface area contributed by atoms with Gasteiger partial charge in [0, 0.05) is 23.3 Å². The Hall–Kier alpha value is -1.43. The Balaban J connectivity index is 2.15. The fourth-order valence-corrected chi connectivity index (χ4v) is 2.44. The van der Waals surface area contributed by atoms with Crippen molar-refractivity contribution in [2.75, 3.05) is 6.54 Å². The van der Waals surface area contributed by atoms with Gasteiger partial charge in [-0.15, -0.1) is 0 Å². The Bertz CT molecular complexity index is 475. The van der Waals surface area contributed by atoms with Gasteiger partial charge in [0.1, 0.15) is 5.69 Å². The lowest BCUT2D eigenvalue weighted by molar-refractivity contribution is -0.142. The highest BCUT2D eigenvalue weighted by atomic mass is 79.9. The van der Waals surface area contributed by atoms with E-state index in [1.54, 1.807) is 30.2 Å². The van der Waals surface area contributed by atoms with Gasteiger partial charge in [-0.2, -0.15) is 0 Å². The van der Waals surface area contributed by atoms with Crippen LogP contribution in [-0.2, 0) is 4.79 Å². The minimum atomic E-state index is -0.846. The van der Waals surface area contributed by atoms with Gasteiger partial charge in [-0.05, 0) is 41.4 Å². The summed E-state index contributed by atoms with van der Waals surface area (Å²) in [4.78, 5) is 28.8. The van der Waals surface area contributed by atoms with E-state index in [1.807, 2.05) is 0 Å². The van der Waals surface area contributed by atoms with Crippen molar-refractivity contribution in [2.24, 2.45) is 5.92 Å². The number of halogens is 1. The first-order valence-electron chi connectivity index (χ1n) is 5.66. The monoisotopic (exact) mass is 312 g/mol. The summed E-state index contributed by atoms with van der Waals surface area (Å²) in [5, 5.41) is 9.03. The van der Waals surface area contributed by atoms with E-state index < -0.39 is 11.9 Å². The van der Waals surface area contributed by atoms with Gasteiger partial charge in [0.05, 0.1) is 5.92 Å². The lowest BCUT2D eigenvalue weighted by Crippen LogP contribution is -2.38. The molecule has 1 amide bonds. The molecule has 1 aliphatic rings. The number of rotatable bonds is 2. The molecule has 0 aliphatic carbocycles. The third-order valence-corrected chi connectivity index (χ3v) is 3.75. The van der Waals surface area contributed by atoms with Gasteiger partial charge in [0.25, 0.3) is 5.91 Å². The third-order valence-electron chi connectivity index (χ3n) is 3.28. The molecule has 0 bridgehead atoms. The molecule has 96 valence electrons. The summed E-state index contributed by atoms with van der Waals surface area (Å²) in [6, 6.07) is 3.09. The van der Waals surface area contributed by atoms with E-state index in [1.165, 1.54) is 0 Å². The number of carboxylic acid groups (broad SMARTS) is 1. The van der Waals surface area contributed by atoms with Gasteiger partial charge >= 0.3 is 5.97 Å². The van der Waals surface area contributed by atoms with Crippen LogP contribution in [-0.4, -0.2) is 39.5 Å². The van der Waals surface area contributed by atoms with Gasteiger partial charge in [0.2, 0.25) is 0 Å². The summed E-state index contributed by atoms with van der Waals surface area (Å²) in [5.74, 6) is -1.54. The Morgan fingerprint density at radius 1 is 1.50 bits per heavy atom. The number of nitrogens with zero attached hydrogens (tertiary/aromatic N) is 2. The number of amides is 1. The molecule has 0 spiro atoms. The Morgan fingerprint density at radius 2 is 2.22 bits per heavy atom. The number of hydrogen-bond acceptors (Lipinski definition) is 3. The topological polar surface area (TPSA) is 70.5 Å². The van der Waals surface area contributed by atoms with E-state index in [4.69, 9.17) is 5.11 Å². The number of carboxylic acids is 1. The van der Waals surface area contributed by atoms with Gasteiger partial charge in [-0.1, -0.05) is 0 Å². The number of likely N-dealkylation sites (tertiary alicyclic amines) is 1. The Morgan fingerprint density at radius 3 is 2.72 bits per heavy atom. The first-order valence-corrected chi connectivity index (χ1v) is 6.45. The largest absolute Gasteiger partial charge is 0.481 e. The quantitative estimate of drug-likeness (QED) is 0.903. The minimum Gasteiger partial charge on any atom is -0.481 e. The van der Waals surface area contributed by atoms with Crippen LogP contribution in [0.15, 0.2) is 22.8 Å². The van der Waals surface area contributed by atoms with E-state index in [2.05, 4.69) is 20.9 Å². The molecular weight excluding hydrogens is 300 g/mol. The molecule has 5 nitrogen and oxygen atoms in total. The maximum absolute atomic E-state index is 12.2. The van der Waals surface area contributed by atoms with E-state index in [9.17, 15) is 9.59 Å². The number of carbonyl (C=O) groups excluding carboxylic acids is 1. The third kappa shape index (κ3) is 2.38. The van der Waals surface area contributed by atoms with Gasteiger partial charge in [0.15, 0.2) is 0 Å². The van der Waals surface area contributed by atoms with Gasteiger partial charge in [-0.25, -0.2) is 4.98 Å². The highest BCUT2D eigenvalue weighted by Gasteiger charge is 2.38.